The van der Waals surface area contributed by atoms with Gasteiger partial charge in [0.2, 0.25) is 0 Å². The second kappa shape index (κ2) is 11.4. The summed E-state index contributed by atoms with van der Waals surface area (Å²) < 4.78 is 19.7. The molecule has 0 amide bonds. The van der Waals surface area contributed by atoms with Crippen LogP contribution in [0.25, 0.3) is 0 Å². The molecule has 180 valence electrons. The molecule has 0 spiro atoms. The van der Waals surface area contributed by atoms with Crippen LogP contribution < -0.4 is 5.73 Å². The Morgan fingerprint density at radius 3 is 2.79 bits per heavy atom. The van der Waals surface area contributed by atoms with E-state index >= 15 is 0 Å². The largest absolute Gasteiger partial charge is 0.392 e. The molecule has 0 saturated carbocycles. The number of hydrogen-bond acceptors (Lipinski definition) is 8. The van der Waals surface area contributed by atoms with Gasteiger partial charge in [0.05, 0.1) is 23.7 Å². The van der Waals surface area contributed by atoms with Gasteiger partial charge in [0.25, 0.3) is 0 Å². The molecule has 4 atom stereocenters. The summed E-state index contributed by atoms with van der Waals surface area (Å²) in [4.78, 5) is 24.8. The summed E-state index contributed by atoms with van der Waals surface area (Å²) in [7, 11) is 0. The van der Waals surface area contributed by atoms with Crippen LogP contribution in [-0.2, 0) is 16.0 Å². The quantitative estimate of drug-likeness (QED) is 0.411. The Morgan fingerprint density at radius 1 is 1.42 bits per heavy atom. The maximum Gasteiger partial charge on any atom is 0.310 e. The number of halogens is 1. The molecular formula is C24H33FN4O3S. The monoisotopic (exact) mass is 476 g/mol. The maximum absolute atomic E-state index is 13.5. The highest BCUT2D eigenvalue weighted by Gasteiger charge is 2.49. The fourth-order valence-electron chi connectivity index (χ4n) is 4.66. The van der Waals surface area contributed by atoms with E-state index in [9.17, 15) is 14.3 Å². The lowest BCUT2D eigenvalue weighted by atomic mass is 9.94. The van der Waals surface area contributed by atoms with Crippen LogP contribution in [0.5, 0.6) is 0 Å². The van der Waals surface area contributed by atoms with Crippen molar-refractivity contribution in [2.75, 3.05) is 12.3 Å². The van der Waals surface area contributed by atoms with Crippen molar-refractivity contribution in [3.63, 3.8) is 0 Å². The highest BCUT2D eigenvalue weighted by Crippen LogP contribution is 2.43. The molecule has 1 unspecified atom stereocenters. The van der Waals surface area contributed by atoms with Gasteiger partial charge >= 0.3 is 6.08 Å². The second-order valence-electron chi connectivity index (χ2n) is 8.85. The Kier molecular flexibility index (Phi) is 8.85. The lowest BCUT2D eigenvalue weighted by Crippen LogP contribution is -2.41. The van der Waals surface area contributed by atoms with E-state index in [-0.39, 0.29) is 40.7 Å². The van der Waals surface area contributed by atoms with Crippen molar-refractivity contribution in [2.45, 2.75) is 82.2 Å². The molecule has 3 N–H and O–H groups in total. The average Bonchev–Trinajstić information content (AvgIpc) is 2.99. The van der Waals surface area contributed by atoms with Crippen molar-refractivity contribution in [2.24, 2.45) is 16.8 Å². The minimum Gasteiger partial charge on any atom is -0.392 e. The third-order valence-electron chi connectivity index (χ3n) is 6.41. The van der Waals surface area contributed by atoms with Crippen LogP contribution in [0, 0.1) is 30.3 Å². The van der Waals surface area contributed by atoms with Crippen LogP contribution in [0.1, 0.15) is 64.5 Å². The Hall–Kier alpha value is -2.02. The molecule has 0 aromatic carbocycles. The number of rotatable bonds is 9. The zero-order valence-corrected chi connectivity index (χ0v) is 20.1. The smallest absolute Gasteiger partial charge is 0.310 e. The van der Waals surface area contributed by atoms with E-state index in [0.717, 1.165) is 25.7 Å². The first-order valence-electron chi connectivity index (χ1n) is 11.7. The maximum atomic E-state index is 13.5. The van der Waals surface area contributed by atoms with Gasteiger partial charge in [-0.3, -0.25) is 9.79 Å². The summed E-state index contributed by atoms with van der Waals surface area (Å²) in [6.45, 7) is 3.82. The van der Waals surface area contributed by atoms with Crippen LogP contribution in [0.15, 0.2) is 4.99 Å². The van der Waals surface area contributed by atoms with E-state index in [1.807, 2.05) is 0 Å². The van der Waals surface area contributed by atoms with Crippen LogP contribution >= 0.6 is 11.8 Å². The van der Waals surface area contributed by atoms with Crippen molar-refractivity contribution in [3.8, 4) is 12.3 Å². The molecule has 3 heterocycles. The highest BCUT2D eigenvalue weighted by molar-refractivity contribution is 8.14. The number of fused-ring (bicyclic) bond motifs is 1. The van der Waals surface area contributed by atoms with E-state index in [1.165, 1.54) is 11.8 Å². The molecule has 0 aliphatic carbocycles. The average molecular weight is 477 g/mol. The Bertz CT molecular complexity index is 916. The number of terminal acetylenes is 1. The highest BCUT2D eigenvalue weighted by atomic mass is 32.2. The van der Waals surface area contributed by atoms with Crippen molar-refractivity contribution < 1.29 is 19.0 Å². The molecular weight excluding hydrogens is 443 g/mol. The Labute approximate surface area is 199 Å². The van der Waals surface area contributed by atoms with Gasteiger partial charge < -0.3 is 15.6 Å². The number of nitrogens with two attached hydrogens (primary N) is 1. The molecule has 1 saturated heterocycles. The van der Waals surface area contributed by atoms with Gasteiger partial charge in [-0.1, -0.05) is 44.4 Å². The van der Waals surface area contributed by atoms with Crippen LogP contribution in [0.3, 0.4) is 0 Å². The van der Waals surface area contributed by atoms with E-state index in [4.69, 9.17) is 16.9 Å². The minimum atomic E-state index is -1.18. The molecule has 1 fully saturated rings. The first-order valence-corrected chi connectivity index (χ1v) is 12.6. The third-order valence-corrected chi connectivity index (χ3v) is 7.83. The normalized spacial score (nSPS) is 26.7. The number of nitrogens with zero attached hydrogens (tertiary/aromatic N) is 3. The van der Waals surface area contributed by atoms with Crippen LogP contribution in [-0.4, -0.2) is 50.0 Å². The lowest BCUT2D eigenvalue weighted by Gasteiger charge is -2.27. The van der Waals surface area contributed by atoms with Crippen LogP contribution in [0.2, 0.25) is 0 Å². The molecule has 2 aliphatic heterocycles. The summed E-state index contributed by atoms with van der Waals surface area (Å²) in [5.41, 5.74) is 5.54. The number of aliphatic hydroxyl groups is 1. The van der Waals surface area contributed by atoms with Gasteiger partial charge in [0, 0.05) is 12.1 Å². The van der Waals surface area contributed by atoms with Gasteiger partial charge in [-0.15, -0.1) is 6.42 Å². The summed E-state index contributed by atoms with van der Waals surface area (Å²) in [5.74, 6) is 2.70. The molecule has 0 bridgehead atoms. The van der Waals surface area contributed by atoms with Crippen molar-refractivity contribution in [1.29, 1.82) is 0 Å². The zero-order valence-electron chi connectivity index (χ0n) is 19.3. The standard InChI is InChI=1S/C24H33FN4O3S/c1-4-7-16(8-5-2)22(31)33-19-12-17(32-24(19,6-3)14-30)11-15-9-10-18-20(27-13-15)21(26)29-23(25)28-18/h3,13,15-17,19,30H,4-5,7-12,14H2,1-2H3,(H2,26,28,29)/t15?,17-,19-,24+/m0/s1. The molecule has 33 heavy (non-hydrogen) atoms. The number of thioether (sulfide) groups is 1. The van der Waals surface area contributed by atoms with E-state index in [0.29, 0.717) is 37.1 Å². The zero-order chi connectivity index (χ0) is 24.0. The first-order chi connectivity index (χ1) is 15.9. The molecule has 2 aliphatic rings. The molecule has 1 aromatic rings. The molecule has 3 rings (SSSR count). The van der Waals surface area contributed by atoms with E-state index in [1.54, 1.807) is 6.21 Å². The minimum absolute atomic E-state index is 0.00215. The van der Waals surface area contributed by atoms with Gasteiger partial charge in [-0.25, -0.2) is 4.98 Å². The fraction of sp³-hybridized carbons (Fsp3) is 0.667. The van der Waals surface area contributed by atoms with Crippen LogP contribution in [0.4, 0.5) is 15.9 Å². The first kappa shape index (κ1) is 25.6. The summed E-state index contributed by atoms with van der Waals surface area (Å²) in [6, 6.07) is 0. The van der Waals surface area contributed by atoms with Crippen molar-refractivity contribution >= 4 is 34.6 Å². The summed E-state index contributed by atoms with van der Waals surface area (Å²) >= 11 is 1.24. The molecule has 7 nitrogen and oxygen atoms in total. The third kappa shape index (κ3) is 5.92. The topological polar surface area (TPSA) is 111 Å². The van der Waals surface area contributed by atoms with E-state index in [2.05, 4.69) is 34.7 Å². The summed E-state index contributed by atoms with van der Waals surface area (Å²) in [6.07, 6.45) is 12.5. The number of carbonyl (C=O) groups is 1. The predicted octanol–water partition coefficient (Wildman–Crippen LogP) is 3.85. The Balaban J connectivity index is 1.69. The number of carbonyl (C=O) groups excluding carboxylic acids is 1. The van der Waals surface area contributed by atoms with Gasteiger partial charge in [0.1, 0.15) is 5.69 Å². The SMILES string of the molecule is C#C[C@]1(CO)O[C@@H](CC2C=Nc3c(N)nc(F)nc3CC2)C[C@@H]1SC(=O)C(CCC)CCC. The van der Waals surface area contributed by atoms with Crippen molar-refractivity contribution in [1.82, 2.24) is 9.97 Å². The molecule has 0 radical (unpaired) electrons. The van der Waals surface area contributed by atoms with Crippen molar-refractivity contribution in [3.05, 3.63) is 11.8 Å². The molecule has 9 heteroatoms. The number of aromatic nitrogens is 2. The number of aliphatic hydroxyl groups excluding tert-OH is 1. The number of nitrogen functional groups attached to an aromatic ring is 1. The lowest BCUT2D eigenvalue weighted by molar-refractivity contribution is -0.114. The number of anilines is 1. The number of hydrogen-bond donors (Lipinski definition) is 2. The Morgan fingerprint density at radius 2 is 2.15 bits per heavy atom. The predicted molar refractivity (Wildman–Crippen MR) is 129 cm³/mol. The molecule has 1 aromatic heterocycles. The summed E-state index contributed by atoms with van der Waals surface area (Å²) in [5, 5.41) is 9.93. The van der Waals surface area contributed by atoms with E-state index < -0.39 is 11.7 Å². The van der Waals surface area contributed by atoms with Gasteiger partial charge in [0.15, 0.2) is 16.5 Å². The second-order valence-corrected chi connectivity index (χ2v) is 10.1. The number of aliphatic imine (C=N–C) groups is 1. The number of ether oxygens (including phenoxy) is 1. The van der Waals surface area contributed by atoms with Gasteiger partial charge in [-0.2, -0.15) is 9.37 Å². The fourth-order valence-corrected chi connectivity index (χ4v) is 6.07. The van der Waals surface area contributed by atoms with Gasteiger partial charge in [-0.05, 0) is 44.4 Å². The number of aryl methyl sites for hydroxylation is 1.